The van der Waals surface area contributed by atoms with E-state index in [2.05, 4.69) is 24.9 Å². The Morgan fingerprint density at radius 3 is 2.45 bits per heavy atom. The predicted molar refractivity (Wildman–Crippen MR) is 140 cm³/mol. The van der Waals surface area contributed by atoms with Gasteiger partial charge in [-0.3, -0.25) is 0 Å². The molecule has 0 spiro atoms. The fourth-order valence-electron chi connectivity index (χ4n) is 3.90. The zero-order chi connectivity index (χ0) is 27.2. The fraction of sp³-hybridized carbons (Fsp3) is 0.333. The molecule has 0 amide bonds. The van der Waals surface area contributed by atoms with Crippen LogP contribution in [0.2, 0.25) is 0 Å². The first-order valence-electron chi connectivity index (χ1n) is 12.2. The molecular weight excluding hydrogens is 491 g/mol. The lowest BCUT2D eigenvalue weighted by Gasteiger charge is -2.26. The smallest absolute Gasteiger partial charge is 0.341 e. The molecule has 0 unspecified atom stereocenters. The Labute approximate surface area is 219 Å². The second kappa shape index (κ2) is 11.8. The van der Waals surface area contributed by atoms with Crippen LogP contribution in [0.5, 0.6) is 11.6 Å². The van der Waals surface area contributed by atoms with E-state index in [4.69, 9.17) is 14.2 Å². The zero-order valence-electron chi connectivity index (χ0n) is 21.9. The number of esters is 1. The van der Waals surface area contributed by atoms with Crippen molar-refractivity contribution < 1.29 is 23.4 Å². The van der Waals surface area contributed by atoms with Crippen molar-refractivity contribution in [3.63, 3.8) is 0 Å². The molecule has 0 aliphatic carbocycles. The van der Waals surface area contributed by atoms with Gasteiger partial charge in [0, 0.05) is 41.3 Å². The Hall–Kier alpha value is -4.41. The summed E-state index contributed by atoms with van der Waals surface area (Å²) in [6.07, 6.45) is 5.94. The van der Waals surface area contributed by atoms with Crippen LogP contribution < -0.4 is 14.4 Å². The van der Waals surface area contributed by atoms with Crippen molar-refractivity contribution >= 4 is 22.8 Å². The van der Waals surface area contributed by atoms with Gasteiger partial charge in [0.05, 0.1) is 25.8 Å². The van der Waals surface area contributed by atoms with Crippen LogP contribution in [-0.4, -0.2) is 63.8 Å². The molecule has 38 heavy (non-hydrogen) atoms. The average Bonchev–Trinajstić information content (AvgIpc) is 2.91. The quantitative estimate of drug-likeness (QED) is 0.279. The molecule has 0 bridgehead atoms. The van der Waals surface area contributed by atoms with E-state index in [0.717, 1.165) is 11.1 Å². The Kier molecular flexibility index (Phi) is 8.25. The van der Waals surface area contributed by atoms with Crippen molar-refractivity contribution in [3.8, 4) is 22.8 Å². The van der Waals surface area contributed by atoms with Gasteiger partial charge in [-0.2, -0.15) is 0 Å². The number of methoxy groups -OCH3 is 1. The Bertz CT molecular complexity index is 1430. The number of fused-ring (bicyclic) bond motifs is 1. The van der Waals surface area contributed by atoms with E-state index in [1.165, 1.54) is 31.9 Å². The number of rotatable bonds is 10. The minimum Gasteiger partial charge on any atom is -0.489 e. The number of nitrogens with zero attached hydrogens (tertiary/aromatic N) is 6. The number of pyridine rings is 1. The molecule has 0 radical (unpaired) electrons. The lowest BCUT2D eigenvalue weighted by molar-refractivity contribution is 0.0525. The van der Waals surface area contributed by atoms with Gasteiger partial charge in [-0.25, -0.2) is 34.1 Å². The Morgan fingerprint density at radius 2 is 1.79 bits per heavy atom. The highest BCUT2D eigenvalue weighted by atomic mass is 19.1. The number of halogens is 1. The summed E-state index contributed by atoms with van der Waals surface area (Å²) in [5, 5.41) is 0.787. The van der Waals surface area contributed by atoms with Gasteiger partial charge in [0.25, 0.3) is 0 Å². The second-order valence-corrected chi connectivity index (χ2v) is 8.67. The summed E-state index contributed by atoms with van der Waals surface area (Å²) in [5.41, 5.74) is 2.98. The van der Waals surface area contributed by atoms with Crippen LogP contribution in [-0.2, 0) is 4.74 Å². The second-order valence-electron chi connectivity index (χ2n) is 8.67. The molecule has 3 heterocycles. The standard InChI is InChI=1S/C27H29FN6O4/c1-6-37-26(35)20-13-30-27(31-14-20)34(16(2)3)7-8-38-23-11-18(9-21-17(4)32-15-33-24(21)23)19-10-22(28)25(36-5)29-12-19/h9-16H,6-8H2,1-5H3. The van der Waals surface area contributed by atoms with E-state index in [-0.39, 0.29) is 25.1 Å². The number of ether oxygens (including phenoxy) is 3. The SMILES string of the molecule is CCOC(=O)c1cnc(N(CCOc2cc(-c3cnc(OC)c(F)c3)cc3c(C)ncnc23)C(C)C)nc1. The molecule has 0 atom stereocenters. The van der Waals surface area contributed by atoms with Gasteiger partial charge in [0.2, 0.25) is 11.8 Å². The van der Waals surface area contributed by atoms with E-state index in [1.54, 1.807) is 13.1 Å². The minimum absolute atomic E-state index is 0.0630. The lowest BCUT2D eigenvalue weighted by atomic mass is 10.0. The zero-order valence-corrected chi connectivity index (χ0v) is 21.9. The van der Waals surface area contributed by atoms with Crippen LogP contribution in [0.3, 0.4) is 0 Å². The molecule has 198 valence electrons. The number of anilines is 1. The van der Waals surface area contributed by atoms with Gasteiger partial charge in [-0.15, -0.1) is 0 Å². The number of hydrogen-bond acceptors (Lipinski definition) is 10. The third kappa shape index (κ3) is 5.77. The highest BCUT2D eigenvalue weighted by Gasteiger charge is 2.17. The third-order valence-electron chi connectivity index (χ3n) is 5.86. The van der Waals surface area contributed by atoms with E-state index < -0.39 is 11.8 Å². The van der Waals surface area contributed by atoms with Crippen molar-refractivity contribution in [1.82, 2.24) is 24.9 Å². The summed E-state index contributed by atoms with van der Waals surface area (Å²) in [6, 6.07) is 5.13. The Balaban J connectivity index is 1.58. The van der Waals surface area contributed by atoms with E-state index in [1.807, 2.05) is 37.8 Å². The number of aromatic nitrogens is 5. The molecule has 3 aromatic heterocycles. The third-order valence-corrected chi connectivity index (χ3v) is 5.86. The van der Waals surface area contributed by atoms with Crippen molar-refractivity contribution in [3.05, 3.63) is 60.2 Å². The minimum atomic E-state index is -0.560. The first kappa shape index (κ1) is 26.6. The Morgan fingerprint density at radius 1 is 1.03 bits per heavy atom. The van der Waals surface area contributed by atoms with Gasteiger partial charge in [0.15, 0.2) is 5.82 Å². The van der Waals surface area contributed by atoms with Crippen LogP contribution in [0.15, 0.2) is 43.1 Å². The summed E-state index contributed by atoms with van der Waals surface area (Å²) in [4.78, 5) is 35.4. The summed E-state index contributed by atoms with van der Waals surface area (Å²) in [5.74, 6) is -0.101. The van der Waals surface area contributed by atoms with Crippen molar-refractivity contribution in [1.29, 1.82) is 0 Å². The molecular formula is C27H29FN6O4. The van der Waals surface area contributed by atoms with Crippen LogP contribution in [0, 0.1) is 12.7 Å². The summed E-state index contributed by atoms with van der Waals surface area (Å²) >= 11 is 0. The molecule has 0 fully saturated rings. The maximum atomic E-state index is 14.4. The summed E-state index contributed by atoms with van der Waals surface area (Å²) in [6.45, 7) is 8.68. The van der Waals surface area contributed by atoms with Crippen LogP contribution in [0.1, 0.15) is 36.8 Å². The molecule has 11 heteroatoms. The van der Waals surface area contributed by atoms with E-state index in [0.29, 0.717) is 40.4 Å². The van der Waals surface area contributed by atoms with Gasteiger partial charge in [0.1, 0.15) is 24.2 Å². The molecule has 0 N–H and O–H groups in total. The number of benzene rings is 1. The molecule has 0 aliphatic rings. The van der Waals surface area contributed by atoms with Gasteiger partial charge in [-0.1, -0.05) is 0 Å². The maximum absolute atomic E-state index is 14.4. The normalized spacial score (nSPS) is 11.0. The molecule has 0 aliphatic heterocycles. The highest BCUT2D eigenvalue weighted by Crippen LogP contribution is 2.33. The topological polar surface area (TPSA) is 112 Å². The molecule has 0 saturated heterocycles. The maximum Gasteiger partial charge on any atom is 0.341 e. The number of carbonyl (C=O) groups is 1. The van der Waals surface area contributed by atoms with Crippen molar-refractivity contribution in [2.75, 3.05) is 31.8 Å². The number of carbonyl (C=O) groups excluding carboxylic acids is 1. The lowest BCUT2D eigenvalue weighted by Crippen LogP contribution is -2.36. The molecule has 10 nitrogen and oxygen atoms in total. The van der Waals surface area contributed by atoms with Crippen molar-refractivity contribution in [2.45, 2.75) is 33.7 Å². The largest absolute Gasteiger partial charge is 0.489 e. The monoisotopic (exact) mass is 520 g/mol. The van der Waals surface area contributed by atoms with Crippen LogP contribution in [0.25, 0.3) is 22.0 Å². The van der Waals surface area contributed by atoms with Crippen LogP contribution in [0.4, 0.5) is 10.3 Å². The molecule has 0 saturated carbocycles. The number of hydrogen-bond donors (Lipinski definition) is 0. The first-order chi connectivity index (χ1) is 18.3. The number of aryl methyl sites for hydroxylation is 1. The fourth-order valence-corrected chi connectivity index (χ4v) is 3.90. The van der Waals surface area contributed by atoms with E-state index >= 15 is 0 Å². The summed E-state index contributed by atoms with van der Waals surface area (Å²) < 4.78 is 30.5. The van der Waals surface area contributed by atoms with Gasteiger partial charge < -0.3 is 19.1 Å². The molecule has 4 rings (SSSR count). The molecule has 1 aromatic carbocycles. The molecule has 4 aromatic rings. The van der Waals surface area contributed by atoms with Gasteiger partial charge >= 0.3 is 5.97 Å². The summed E-state index contributed by atoms with van der Waals surface area (Å²) in [7, 11) is 1.37. The van der Waals surface area contributed by atoms with Crippen LogP contribution >= 0.6 is 0 Å². The predicted octanol–water partition coefficient (Wildman–Crippen LogP) is 4.41. The van der Waals surface area contributed by atoms with Crippen molar-refractivity contribution in [2.24, 2.45) is 0 Å². The van der Waals surface area contributed by atoms with Gasteiger partial charge in [-0.05, 0) is 51.5 Å². The first-order valence-corrected chi connectivity index (χ1v) is 12.2. The highest BCUT2D eigenvalue weighted by molar-refractivity contribution is 5.91. The average molecular weight is 521 g/mol. The van der Waals surface area contributed by atoms with E-state index in [9.17, 15) is 9.18 Å².